The van der Waals surface area contributed by atoms with Gasteiger partial charge >= 0.3 is 0 Å². The first-order valence-electron chi connectivity index (χ1n) is 7.35. The summed E-state index contributed by atoms with van der Waals surface area (Å²) in [6, 6.07) is 2.98. The van der Waals surface area contributed by atoms with E-state index in [0.717, 1.165) is 18.4 Å². The van der Waals surface area contributed by atoms with Gasteiger partial charge in [0.15, 0.2) is 0 Å². The van der Waals surface area contributed by atoms with Gasteiger partial charge < -0.3 is 10.2 Å². The Labute approximate surface area is 121 Å². The maximum Gasteiger partial charge on any atom is 0.137 e. The van der Waals surface area contributed by atoms with Crippen molar-refractivity contribution in [3.05, 3.63) is 22.7 Å². The molecule has 19 heavy (non-hydrogen) atoms. The Morgan fingerprint density at radius 2 is 1.42 bits per heavy atom. The van der Waals surface area contributed by atoms with E-state index in [-0.39, 0.29) is 11.5 Å². The molecule has 0 aliphatic heterocycles. The van der Waals surface area contributed by atoms with Crippen molar-refractivity contribution in [2.24, 2.45) is 0 Å². The number of hydrogen-bond donors (Lipinski definition) is 2. The molecule has 0 unspecified atom stereocenters. The fraction of sp³-hybridized carbons (Fsp3) is 0.625. The molecule has 0 spiro atoms. The van der Waals surface area contributed by atoms with Gasteiger partial charge in [0, 0.05) is 6.07 Å². The molecule has 2 N–H and O–H groups in total. The molecule has 0 saturated carbocycles. The number of unbranched alkanes of at least 4 members (excludes halogenated alkanes) is 7. The number of phenols is 2. The minimum Gasteiger partial charge on any atom is -0.508 e. The second-order valence-corrected chi connectivity index (χ2v) is 5.56. The van der Waals surface area contributed by atoms with Gasteiger partial charge in [0.1, 0.15) is 11.5 Å². The van der Waals surface area contributed by atoms with E-state index < -0.39 is 0 Å². The Kier molecular flexibility index (Phi) is 7.73. The summed E-state index contributed by atoms with van der Waals surface area (Å²) in [6.45, 7) is 2.23. The highest BCUT2D eigenvalue weighted by Crippen LogP contribution is 2.31. The molecule has 0 amide bonds. The summed E-state index contributed by atoms with van der Waals surface area (Å²) in [7, 11) is 0. The molecule has 108 valence electrons. The third kappa shape index (κ3) is 6.20. The SMILES string of the molecule is CCCCCCCCCCc1cc(Cl)c(O)cc1O. The second-order valence-electron chi connectivity index (χ2n) is 5.16. The molecule has 0 saturated heterocycles. The van der Waals surface area contributed by atoms with Crippen molar-refractivity contribution < 1.29 is 10.2 Å². The third-order valence-electron chi connectivity index (χ3n) is 3.45. The van der Waals surface area contributed by atoms with Crippen LogP contribution in [0.3, 0.4) is 0 Å². The lowest BCUT2D eigenvalue weighted by Gasteiger charge is -2.07. The Bertz CT molecular complexity index is 377. The smallest absolute Gasteiger partial charge is 0.137 e. The normalized spacial score (nSPS) is 10.8. The van der Waals surface area contributed by atoms with Crippen molar-refractivity contribution in [3.8, 4) is 11.5 Å². The lowest BCUT2D eigenvalue weighted by molar-refractivity contribution is 0.445. The van der Waals surface area contributed by atoms with Crippen LogP contribution in [-0.4, -0.2) is 10.2 Å². The zero-order valence-corrected chi connectivity index (χ0v) is 12.5. The Hall–Kier alpha value is -0.890. The van der Waals surface area contributed by atoms with Gasteiger partial charge in [0.2, 0.25) is 0 Å². The first-order valence-corrected chi connectivity index (χ1v) is 7.73. The number of halogens is 1. The predicted molar refractivity (Wildman–Crippen MR) is 81.1 cm³/mol. The zero-order valence-electron chi connectivity index (χ0n) is 11.8. The summed E-state index contributed by atoms with van der Waals surface area (Å²) in [4.78, 5) is 0. The number of benzene rings is 1. The molecule has 0 atom stereocenters. The van der Waals surface area contributed by atoms with Crippen LogP contribution in [0.4, 0.5) is 0 Å². The quantitative estimate of drug-likeness (QED) is 0.593. The first kappa shape index (κ1) is 16.2. The zero-order chi connectivity index (χ0) is 14.1. The third-order valence-corrected chi connectivity index (χ3v) is 3.75. The van der Waals surface area contributed by atoms with Crippen molar-refractivity contribution in [1.29, 1.82) is 0 Å². The second kappa shape index (κ2) is 9.08. The van der Waals surface area contributed by atoms with Gasteiger partial charge in [-0.3, -0.25) is 0 Å². The Balaban J connectivity index is 2.17. The van der Waals surface area contributed by atoms with E-state index in [4.69, 9.17) is 11.6 Å². The number of rotatable bonds is 9. The molecule has 1 aromatic rings. The van der Waals surface area contributed by atoms with E-state index in [9.17, 15) is 10.2 Å². The average molecular weight is 285 g/mol. The van der Waals surface area contributed by atoms with E-state index in [1.807, 2.05) is 0 Å². The molecule has 3 heteroatoms. The van der Waals surface area contributed by atoms with Crippen molar-refractivity contribution in [2.45, 2.75) is 64.7 Å². The molecule has 0 aliphatic rings. The molecule has 0 heterocycles. The molecular weight excluding hydrogens is 260 g/mol. The molecule has 0 bridgehead atoms. The van der Waals surface area contributed by atoms with Crippen LogP contribution in [0.15, 0.2) is 12.1 Å². The number of phenolic OH excluding ortho intramolecular Hbond substituents is 2. The minimum absolute atomic E-state index is 0.0566. The van der Waals surface area contributed by atoms with Crippen LogP contribution in [0.1, 0.15) is 63.9 Å². The van der Waals surface area contributed by atoms with Crippen molar-refractivity contribution in [1.82, 2.24) is 0 Å². The standard InChI is InChI=1S/C16H25ClO2/c1-2-3-4-5-6-7-8-9-10-13-11-14(17)16(19)12-15(13)18/h11-12,18-19H,2-10H2,1H3. The minimum atomic E-state index is -0.0566. The highest BCUT2D eigenvalue weighted by Gasteiger charge is 2.06. The van der Waals surface area contributed by atoms with Gasteiger partial charge in [-0.15, -0.1) is 0 Å². The maximum atomic E-state index is 9.70. The summed E-state index contributed by atoms with van der Waals surface area (Å²) in [5, 5.41) is 19.4. The van der Waals surface area contributed by atoms with Gasteiger partial charge in [-0.25, -0.2) is 0 Å². The van der Waals surface area contributed by atoms with Crippen LogP contribution in [0.2, 0.25) is 5.02 Å². The van der Waals surface area contributed by atoms with Gasteiger partial charge in [-0.1, -0.05) is 63.5 Å². The van der Waals surface area contributed by atoms with E-state index in [1.54, 1.807) is 6.07 Å². The summed E-state index contributed by atoms with van der Waals surface area (Å²) < 4.78 is 0. The van der Waals surface area contributed by atoms with Gasteiger partial charge in [0.25, 0.3) is 0 Å². The van der Waals surface area contributed by atoms with Crippen LogP contribution in [0.25, 0.3) is 0 Å². The topological polar surface area (TPSA) is 40.5 Å². The summed E-state index contributed by atoms with van der Waals surface area (Å²) in [5.41, 5.74) is 0.828. The first-order chi connectivity index (χ1) is 9.15. The number of aromatic hydroxyl groups is 2. The molecule has 0 fully saturated rings. The fourth-order valence-corrected chi connectivity index (χ4v) is 2.43. The summed E-state index contributed by atoms with van der Waals surface area (Å²) >= 11 is 5.84. The molecular formula is C16H25ClO2. The van der Waals surface area contributed by atoms with Crippen LogP contribution < -0.4 is 0 Å². The Morgan fingerprint density at radius 3 is 2.05 bits per heavy atom. The van der Waals surface area contributed by atoms with Gasteiger partial charge in [0.05, 0.1) is 5.02 Å². The Morgan fingerprint density at radius 1 is 0.842 bits per heavy atom. The summed E-state index contributed by atoms with van der Waals surface area (Å²) in [5.74, 6) is 0.0867. The van der Waals surface area contributed by atoms with E-state index in [2.05, 4.69) is 6.92 Å². The predicted octanol–water partition coefficient (Wildman–Crippen LogP) is 5.43. The fourth-order valence-electron chi connectivity index (χ4n) is 2.24. The van der Waals surface area contributed by atoms with E-state index in [1.165, 1.54) is 51.0 Å². The largest absolute Gasteiger partial charge is 0.508 e. The van der Waals surface area contributed by atoms with Gasteiger partial charge in [-0.2, -0.15) is 0 Å². The van der Waals surface area contributed by atoms with Crippen LogP contribution in [0.5, 0.6) is 11.5 Å². The van der Waals surface area contributed by atoms with Crippen LogP contribution in [0, 0.1) is 0 Å². The highest BCUT2D eigenvalue weighted by atomic mass is 35.5. The average Bonchev–Trinajstić information content (AvgIpc) is 2.38. The van der Waals surface area contributed by atoms with E-state index in [0.29, 0.717) is 5.02 Å². The van der Waals surface area contributed by atoms with Crippen LogP contribution >= 0.6 is 11.6 Å². The van der Waals surface area contributed by atoms with Gasteiger partial charge in [-0.05, 0) is 24.5 Å². The molecule has 1 aromatic carbocycles. The summed E-state index contributed by atoms with van der Waals surface area (Å²) in [6.07, 6.45) is 11.0. The molecule has 0 aliphatic carbocycles. The molecule has 2 nitrogen and oxygen atoms in total. The monoisotopic (exact) mass is 284 g/mol. The maximum absolute atomic E-state index is 9.70. The van der Waals surface area contributed by atoms with Crippen molar-refractivity contribution >= 4 is 11.6 Å². The molecule has 1 rings (SSSR count). The van der Waals surface area contributed by atoms with Crippen LogP contribution in [-0.2, 0) is 6.42 Å². The molecule has 0 radical (unpaired) electrons. The van der Waals surface area contributed by atoms with E-state index >= 15 is 0 Å². The lowest BCUT2D eigenvalue weighted by Crippen LogP contribution is -1.88. The number of aryl methyl sites for hydroxylation is 1. The lowest BCUT2D eigenvalue weighted by atomic mass is 10.0. The highest BCUT2D eigenvalue weighted by molar-refractivity contribution is 6.32. The molecule has 0 aromatic heterocycles. The van der Waals surface area contributed by atoms with Crippen molar-refractivity contribution in [3.63, 3.8) is 0 Å². The number of hydrogen-bond acceptors (Lipinski definition) is 2. The van der Waals surface area contributed by atoms with Crippen molar-refractivity contribution in [2.75, 3.05) is 0 Å².